The van der Waals surface area contributed by atoms with Gasteiger partial charge < -0.3 is 9.84 Å². The summed E-state index contributed by atoms with van der Waals surface area (Å²) < 4.78 is 5.07. The van der Waals surface area contributed by atoms with Crippen LogP contribution in [0.3, 0.4) is 0 Å². The molecule has 1 atom stereocenters. The fourth-order valence-corrected chi connectivity index (χ4v) is 2.80. The van der Waals surface area contributed by atoms with Crippen LogP contribution in [0.2, 0.25) is 0 Å². The second-order valence-corrected chi connectivity index (χ2v) is 5.66. The molecule has 1 unspecified atom stereocenters. The quantitative estimate of drug-likeness (QED) is 0.869. The van der Waals surface area contributed by atoms with E-state index in [1.165, 1.54) is 11.0 Å². The van der Waals surface area contributed by atoms with Gasteiger partial charge in [0.2, 0.25) is 0 Å². The summed E-state index contributed by atoms with van der Waals surface area (Å²) in [5, 5.41) is 9.59. The minimum absolute atomic E-state index is 0.0550. The number of carboxylic acid groups (broad SMARTS) is 1. The lowest BCUT2D eigenvalue weighted by molar-refractivity contribution is -0.145. The molecule has 21 heavy (non-hydrogen) atoms. The first kappa shape index (κ1) is 15.1. The molecule has 1 amide bonds. The van der Waals surface area contributed by atoms with Crippen LogP contribution in [-0.2, 0) is 16.0 Å². The maximum Gasteiger partial charge on any atom is 0.411 e. The smallest absolute Gasteiger partial charge is 0.411 e. The molecule has 0 fully saturated rings. The Balaban J connectivity index is 2.48. The molecule has 1 N–H and O–H groups in total. The van der Waals surface area contributed by atoms with E-state index >= 15 is 0 Å². The fourth-order valence-electron chi connectivity index (χ4n) is 2.80. The molecule has 0 radical (unpaired) electrons. The van der Waals surface area contributed by atoms with Crippen molar-refractivity contribution in [2.24, 2.45) is 0 Å². The highest BCUT2D eigenvalue weighted by molar-refractivity contribution is 5.83. The fraction of sp³-hybridized carbons (Fsp3) is 0.375. The Hall–Kier alpha value is -2.30. The first-order valence-corrected chi connectivity index (χ1v) is 6.76. The Morgan fingerprint density at radius 3 is 2.76 bits per heavy atom. The van der Waals surface area contributed by atoms with E-state index in [1.807, 2.05) is 26.0 Å². The van der Waals surface area contributed by atoms with Gasteiger partial charge in [-0.1, -0.05) is 36.9 Å². The second-order valence-electron chi connectivity index (χ2n) is 5.66. The van der Waals surface area contributed by atoms with Crippen molar-refractivity contribution >= 4 is 12.1 Å². The van der Waals surface area contributed by atoms with Crippen molar-refractivity contribution in [3.8, 4) is 0 Å². The summed E-state index contributed by atoms with van der Waals surface area (Å²) in [5.41, 5.74) is 0.943. The number of carbonyl (C=O) groups is 2. The summed E-state index contributed by atoms with van der Waals surface area (Å²) in [4.78, 5) is 25.3. The number of ether oxygens (including phenoxy) is 1. The molecular weight excluding hydrogens is 270 g/mol. The highest BCUT2D eigenvalue weighted by Gasteiger charge is 2.46. The standard InChI is InChI=1S/C16H19NO4/c1-4-9-21-15(20)17-13(14(18)19)12-8-6-5-7-11(12)10-16(17,2)3/h4-8,13H,1,9-10H2,2-3H3,(H,18,19). The third-order valence-corrected chi connectivity index (χ3v) is 3.64. The van der Waals surface area contributed by atoms with Gasteiger partial charge in [-0.25, -0.2) is 9.59 Å². The molecular formula is C16H19NO4. The second kappa shape index (κ2) is 5.60. The van der Waals surface area contributed by atoms with Crippen LogP contribution in [0, 0.1) is 0 Å². The molecule has 0 aromatic heterocycles. The van der Waals surface area contributed by atoms with Crippen LogP contribution in [0.15, 0.2) is 36.9 Å². The Bertz CT molecular complexity index is 579. The number of hydrogen-bond acceptors (Lipinski definition) is 3. The van der Waals surface area contributed by atoms with Gasteiger partial charge in [-0.15, -0.1) is 0 Å². The predicted molar refractivity (Wildman–Crippen MR) is 78.0 cm³/mol. The Labute approximate surface area is 123 Å². The van der Waals surface area contributed by atoms with Crippen LogP contribution >= 0.6 is 0 Å². The molecule has 0 bridgehead atoms. The molecule has 5 heteroatoms. The summed E-state index contributed by atoms with van der Waals surface area (Å²) in [7, 11) is 0. The van der Waals surface area contributed by atoms with E-state index in [0.29, 0.717) is 12.0 Å². The van der Waals surface area contributed by atoms with Gasteiger partial charge in [0.25, 0.3) is 0 Å². The number of aliphatic carboxylic acids is 1. The predicted octanol–water partition coefficient (Wildman–Crippen LogP) is 2.77. The lowest BCUT2D eigenvalue weighted by atomic mass is 9.81. The van der Waals surface area contributed by atoms with E-state index in [1.54, 1.807) is 12.1 Å². The van der Waals surface area contributed by atoms with Crippen LogP contribution in [0.1, 0.15) is 31.0 Å². The maximum absolute atomic E-state index is 12.3. The number of fused-ring (bicyclic) bond motifs is 1. The summed E-state index contributed by atoms with van der Waals surface area (Å²) in [6.45, 7) is 7.23. The molecule has 1 aliphatic rings. The molecule has 1 heterocycles. The Morgan fingerprint density at radius 1 is 1.48 bits per heavy atom. The van der Waals surface area contributed by atoms with Crippen molar-refractivity contribution < 1.29 is 19.4 Å². The Kier molecular flexibility index (Phi) is 4.02. The minimum Gasteiger partial charge on any atom is -0.479 e. The van der Waals surface area contributed by atoms with Gasteiger partial charge in [0.05, 0.1) is 0 Å². The number of carboxylic acids is 1. The van der Waals surface area contributed by atoms with Crippen molar-refractivity contribution in [3.63, 3.8) is 0 Å². The maximum atomic E-state index is 12.3. The molecule has 112 valence electrons. The summed E-state index contributed by atoms with van der Waals surface area (Å²) in [6.07, 6.45) is 1.40. The van der Waals surface area contributed by atoms with Gasteiger partial charge >= 0.3 is 12.1 Å². The van der Waals surface area contributed by atoms with E-state index in [-0.39, 0.29) is 6.61 Å². The number of hydrogen-bond donors (Lipinski definition) is 1. The summed E-state index contributed by atoms with van der Waals surface area (Å²) in [6, 6.07) is 6.26. The molecule has 1 aromatic rings. The average Bonchev–Trinajstić information content (AvgIpc) is 2.42. The van der Waals surface area contributed by atoms with Crippen LogP contribution in [0.5, 0.6) is 0 Å². The monoisotopic (exact) mass is 289 g/mol. The number of nitrogens with zero attached hydrogens (tertiary/aromatic N) is 1. The van der Waals surface area contributed by atoms with Gasteiger partial charge in [0, 0.05) is 5.54 Å². The largest absolute Gasteiger partial charge is 0.479 e. The number of rotatable bonds is 3. The van der Waals surface area contributed by atoms with Crippen molar-refractivity contribution in [2.45, 2.75) is 31.8 Å². The third kappa shape index (κ3) is 2.77. The molecule has 0 saturated carbocycles. The minimum atomic E-state index is -1.06. The van der Waals surface area contributed by atoms with Gasteiger partial charge in [-0.05, 0) is 31.4 Å². The van der Waals surface area contributed by atoms with Crippen molar-refractivity contribution in [1.29, 1.82) is 0 Å². The molecule has 0 saturated heterocycles. The van der Waals surface area contributed by atoms with Gasteiger partial charge in [0.15, 0.2) is 6.04 Å². The van der Waals surface area contributed by atoms with Crippen molar-refractivity contribution in [3.05, 3.63) is 48.0 Å². The Morgan fingerprint density at radius 2 is 2.14 bits per heavy atom. The third-order valence-electron chi connectivity index (χ3n) is 3.64. The normalized spacial score (nSPS) is 19.5. The van der Waals surface area contributed by atoms with Crippen molar-refractivity contribution in [2.75, 3.05) is 6.61 Å². The van der Waals surface area contributed by atoms with E-state index in [0.717, 1.165) is 5.56 Å². The van der Waals surface area contributed by atoms with Gasteiger partial charge in [-0.2, -0.15) is 0 Å². The molecule has 5 nitrogen and oxygen atoms in total. The van der Waals surface area contributed by atoms with E-state index in [9.17, 15) is 14.7 Å². The lowest BCUT2D eigenvalue weighted by Crippen LogP contribution is -2.56. The molecule has 1 aromatic carbocycles. The highest BCUT2D eigenvalue weighted by Crippen LogP contribution is 2.39. The zero-order chi connectivity index (χ0) is 15.6. The number of amides is 1. The van der Waals surface area contributed by atoms with Crippen LogP contribution < -0.4 is 0 Å². The van der Waals surface area contributed by atoms with Crippen LogP contribution in [0.4, 0.5) is 4.79 Å². The van der Waals surface area contributed by atoms with Crippen LogP contribution in [-0.4, -0.2) is 34.2 Å². The summed E-state index contributed by atoms with van der Waals surface area (Å²) >= 11 is 0. The summed E-state index contributed by atoms with van der Waals surface area (Å²) in [5.74, 6) is -1.06. The first-order valence-electron chi connectivity index (χ1n) is 6.76. The number of benzene rings is 1. The SMILES string of the molecule is C=CCOC(=O)N1C(C(=O)O)c2ccccc2CC1(C)C. The zero-order valence-corrected chi connectivity index (χ0v) is 12.2. The number of carbonyl (C=O) groups excluding carboxylic acids is 1. The van der Waals surface area contributed by atoms with Crippen molar-refractivity contribution in [1.82, 2.24) is 4.90 Å². The van der Waals surface area contributed by atoms with E-state index in [4.69, 9.17) is 4.74 Å². The molecule has 0 spiro atoms. The first-order chi connectivity index (χ1) is 9.88. The van der Waals surface area contributed by atoms with Crippen LogP contribution in [0.25, 0.3) is 0 Å². The van der Waals surface area contributed by atoms with E-state index in [2.05, 4.69) is 6.58 Å². The lowest BCUT2D eigenvalue weighted by Gasteiger charge is -2.45. The van der Waals surface area contributed by atoms with E-state index < -0.39 is 23.6 Å². The van der Waals surface area contributed by atoms with Gasteiger partial charge in [0.1, 0.15) is 6.61 Å². The zero-order valence-electron chi connectivity index (χ0n) is 12.2. The van der Waals surface area contributed by atoms with Gasteiger partial charge in [-0.3, -0.25) is 4.90 Å². The molecule has 2 rings (SSSR count). The average molecular weight is 289 g/mol. The molecule has 0 aliphatic carbocycles. The topological polar surface area (TPSA) is 66.8 Å². The highest BCUT2D eigenvalue weighted by atomic mass is 16.6. The molecule has 1 aliphatic heterocycles.